The molecule has 0 spiro atoms. The summed E-state index contributed by atoms with van der Waals surface area (Å²) in [5.74, 6) is 0.995. The van der Waals surface area contributed by atoms with Crippen molar-refractivity contribution in [3.05, 3.63) is 42.6 Å². The largest absolute Gasteiger partial charge is 0.357 e. The number of aromatic nitrogens is 3. The van der Waals surface area contributed by atoms with Crippen molar-refractivity contribution in [2.24, 2.45) is 0 Å². The first-order chi connectivity index (χ1) is 12.6. The van der Waals surface area contributed by atoms with E-state index >= 15 is 0 Å². The first-order valence-corrected chi connectivity index (χ1v) is 10.7. The number of hydrogen-bond donors (Lipinski definition) is 0. The smallest absolute Gasteiger partial charge is 0.235 e. The Labute approximate surface area is 155 Å². The quantitative estimate of drug-likeness (QED) is 0.740. The number of nitrogens with zero attached hydrogens (tertiary/aromatic N) is 5. The molecule has 8 heteroatoms. The lowest BCUT2D eigenvalue weighted by Gasteiger charge is -2.28. The predicted octanol–water partition coefficient (Wildman–Crippen LogP) is 2.61. The van der Waals surface area contributed by atoms with Gasteiger partial charge in [-0.1, -0.05) is 6.92 Å². The molecule has 0 atom stereocenters. The van der Waals surface area contributed by atoms with Gasteiger partial charge in [0.05, 0.1) is 29.9 Å². The molecule has 0 aliphatic carbocycles. The molecular formula is C18H25N5O2S. The van der Waals surface area contributed by atoms with Crippen LogP contribution in [0.2, 0.25) is 0 Å². The molecule has 0 unspecified atom stereocenters. The van der Waals surface area contributed by atoms with Gasteiger partial charge in [-0.05, 0) is 43.9 Å². The van der Waals surface area contributed by atoms with E-state index in [1.165, 1.54) is 29.9 Å². The fourth-order valence-corrected chi connectivity index (χ4v) is 4.61. The number of pyridine rings is 1. The van der Waals surface area contributed by atoms with Gasteiger partial charge in [-0.15, -0.1) is 0 Å². The van der Waals surface area contributed by atoms with Crippen LogP contribution in [0.4, 0.5) is 11.5 Å². The van der Waals surface area contributed by atoms with Crippen LogP contribution in [0.15, 0.2) is 36.9 Å². The Bertz CT molecular complexity index is 790. The summed E-state index contributed by atoms with van der Waals surface area (Å²) in [4.78, 5) is 14.8. The summed E-state index contributed by atoms with van der Waals surface area (Å²) in [5, 5.41) is 0. The van der Waals surface area contributed by atoms with Crippen molar-refractivity contribution in [3.63, 3.8) is 0 Å². The van der Waals surface area contributed by atoms with Gasteiger partial charge < -0.3 is 4.90 Å². The zero-order valence-corrected chi connectivity index (χ0v) is 15.9. The van der Waals surface area contributed by atoms with Crippen molar-refractivity contribution >= 4 is 21.5 Å². The van der Waals surface area contributed by atoms with Crippen molar-refractivity contribution in [3.8, 4) is 0 Å². The SMILES string of the molecule is CCCS(=O)(=O)N(Cc1ccncn1)c1ccc(N2CCCCC2)nc1. The van der Waals surface area contributed by atoms with E-state index in [1.807, 2.05) is 19.1 Å². The summed E-state index contributed by atoms with van der Waals surface area (Å²) < 4.78 is 26.9. The van der Waals surface area contributed by atoms with Gasteiger partial charge in [0, 0.05) is 19.3 Å². The minimum atomic E-state index is -3.44. The monoisotopic (exact) mass is 375 g/mol. The van der Waals surface area contributed by atoms with Gasteiger partial charge in [0.25, 0.3) is 0 Å². The van der Waals surface area contributed by atoms with Gasteiger partial charge in [-0.3, -0.25) is 4.31 Å². The maximum absolute atomic E-state index is 12.8. The lowest BCUT2D eigenvalue weighted by Crippen LogP contribution is -2.33. The first kappa shape index (κ1) is 18.6. The highest BCUT2D eigenvalue weighted by Gasteiger charge is 2.23. The molecule has 3 heterocycles. The fraction of sp³-hybridized carbons (Fsp3) is 0.500. The molecule has 0 radical (unpaired) electrons. The third kappa shape index (κ3) is 4.49. The standard InChI is InChI=1S/C18H25N5O2S/c1-2-12-26(24,25)23(14-16-8-9-19-15-21-16)17-6-7-18(20-13-17)22-10-4-3-5-11-22/h6-9,13,15H,2-5,10-12,14H2,1H3. The second kappa shape index (κ2) is 8.44. The van der Waals surface area contributed by atoms with Crippen LogP contribution in [-0.4, -0.2) is 42.2 Å². The average Bonchev–Trinajstić information content (AvgIpc) is 2.68. The molecule has 3 rings (SSSR count). The Kier molecular flexibility index (Phi) is 6.03. The molecule has 1 fully saturated rings. The van der Waals surface area contributed by atoms with E-state index in [2.05, 4.69) is 19.9 Å². The van der Waals surface area contributed by atoms with Crippen molar-refractivity contribution in [1.29, 1.82) is 0 Å². The topological polar surface area (TPSA) is 79.3 Å². The van der Waals surface area contributed by atoms with E-state index in [4.69, 9.17) is 0 Å². The highest BCUT2D eigenvalue weighted by atomic mass is 32.2. The van der Waals surface area contributed by atoms with E-state index in [1.54, 1.807) is 18.5 Å². The zero-order chi connectivity index (χ0) is 18.4. The molecule has 0 aromatic carbocycles. The Hall–Kier alpha value is -2.22. The van der Waals surface area contributed by atoms with Crippen LogP contribution < -0.4 is 9.21 Å². The minimum Gasteiger partial charge on any atom is -0.357 e. The molecule has 0 N–H and O–H groups in total. The molecule has 140 valence electrons. The molecule has 26 heavy (non-hydrogen) atoms. The highest BCUT2D eigenvalue weighted by Crippen LogP contribution is 2.24. The molecule has 2 aromatic heterocycles. The van der Waals surface area contributed by atoms with E-state index in [0.717, 1.165) is 18.9 Å². The lowest BCUT2D eigenvalue weighted by atomic mass is 10.1. The van der Waals surface area contributed by atoms with Crippen LogP contribution in [-0.2, 0) is 16.6 Å². The maximum atomic E-state index is 12.8. The van der Waals surface area contributed by atoms with Gasteiger partial charge in [0.1, 0.15) is 12.1 Å². The zero-order valence-electron chi connectivity index (χ0n) is 15.1. The number of anilines is 2. The van der Waals surface area contributed by atoms with E-state index in [-0.39, 0.29) is 12.3 Å². The summed E-state index contributed by atoms with van der Waals surface area (Å²) in [6.45, 7) is 4.05. The summed E-state index contributed by atoms with van der Waals surface area (Å²) in [6.07, 6.45) is 8.86. The third-order valence-corrected chi connectivity index (χ3v) is 6.38. The average molecular weight is 375 g/mol. The molecule has 0 bridgehead atoms. The van der Waals surface area contributed by atoms with Crippen LogP contribution in [0.25, 0.3) is 0 Å². The summed E-state index contributed by atoms with van der Waals surface area (Å²) in [7, 11) is -3.44. The van der Waals surface area contributed by atoms with E-state index in [9.17, 15) is 8.42 Å². The van der Waals surface area contributed by atoms with Crippen LogP contribution in [0.1, 0.15) is 38.3 Å². The van der Waals surface area contributed by atoms with Gasteiger partial charge in [-0.2, -0.15) is 0 Å². The third-order valence-electron chi connectivity index (χ3n) is 4.45. The molecule has 1 aliphatic heterocycles. The lowest BCUT2D eigenvalue weighted by molar-refractivity contribution is 0.573. The van der Waals surface area contributed by atoms with Crippen LogP contribution in [0, 0.1) is 0 Å². The van der Waals surface area contributed by atoms with Crippen molar-refractivity contribution in [2.75, 3.05) is 28.0 Å². The second-order valence-corrected chi connectivity index (χ2v) is 8.46. The molecule has 2 aromatic rings. The van der Waals surface area contributed by atoms with Gasteiger partial charge in [0.15, 0.2) is 0 Å². The van der Waals surface area contributed by atoms with Crippen molar-refractivity contribution < 1.29 is 8.42 Å². The Morgan fingerprint density at radius 3 is 2.54 bits per heavy atom. The van der Waals surface area contributed by atoms with Crippen molar-refractivity contribution in [1.82, 2.24) is 15.0 Å². The normalized spacial score (nSPS) is 15.0. The van der Waals surface area contributed by atoms with Gasteiger partial charge in [-0.25, -0.2) is 23.4 Å². The Morgan fingerprint density at radius 2 is 1.92 bits per heavy atom. The van der Waals surface area contributed by atoms with E-state index in [0.29, 0.717) is 17.8 Å². The second-order valence-electron chi connectivity index (χ2n) is 6.45. The summed E-state index contributed by atoms with van der Waals surface area (Å²) in [6, 6.07) is 5.48. The van der Waals surface area contributed by atoms with Gasteiger partial charge >= 0.3 is 0 Å². The van der Waals surface area contributed by atoms with E-state index < -0.39 is 10.0 Å². The highest BCUT2D eigenvalue weighted by molar-refractivity contribution is 7.92. The number of hydrogen-bond acceptors (Lipinski definition) is 6. The summed E-state index contributed by atoms with van der Waals surface area (Å²) >= 11 is 0. The minimum absolute atomic E-state index is 0.0892. The van der Waals surface area contributed by atoms with Crippen molar-refractivity contribution in [2.45, 2.75) is 39.2 Å². The summed E-state index contributed by atoms with van der Waals surface area (Å²) in [5.41, 5.74) is 1.22. The molecular weight excluding hydrogens is 350 g/mol. The Morgan fingerprint density at radius 1 is 1.12 bits per heavy atom. The number of rotatable bonds is 7. The molecule has 0 amide bonds. The Balaban J connectivity index is 1.86. The van der Waals surface area contributed by atoms with Crippen LogP contribution in [0.3, 0.4) is 0 Å². The molecule has 1 aliphatic rings. The number of piperidine rings is 1. The number of sulfonamides is 1. The molecule has 1 saturated heterocycles. The van der Waals surface area contributed by atoms with Gasteiger partial charge in [0.2, 0.25) is 10.0 Å². The fourth-order valence-electron chi connectivity index (χ4n) is 3.11. The molecule has 7 nitrogen and oxygen atoms in total. The van der Waals surface area contributed by atoms with Crippen LogP contribution in [0.5, 0.6) is 0 Å². The maximum Gasteiger partial charge on any atom is 0.235 e. The first-order valence-electron chi connectivity index (χ1n) is 9.06. The van der Waals surface area contributed by atoms with Crippen LogP contribution >= 0.6 is 0 Å². The molecule has 0 saturated carbocycles. The predicted molar refractivity (Wildman–Crippen MR) is 103 cm³/mol.